The number of nitrogens with zero attached hydrogens (tertiary/aromatic N) is 2. The van der Waals surface area contributed by atoms with E-state index >= 15 is 0 Å². The molecule has 0 amide bonds. The lowest BCUT2D eigenvalue weighted by Crippen LogP contribution is -2.04. The van der Waals surface area contributed by atoms with Gasteiger partial charge in [0.25, 0.3) is 5.71 Å². The Balaban J connectivity index is 3.02. The van der Waals surface area contributed by atoms with Crippen LogP contribution in [0.3, 0.4) is 0 Å². The lowest BCUT2D eigenvalue weighted by atomic mass is 10.4. The van der Waals surface area contributed by atoms with Crippen molar-refractivity contribution < 1.29 is 8.83 Å². The summed E-state index contributed by atoms with van der Waals surface area (Å²) in [4.78, 5) is 17.8. The maximum Gasteiger partial charge on any atom is 0.440 e. The summed E-state index contributed by atoms with van der Waals surface area (Å²) in [7, 11) is 0. The molecule has 0 saturated carbocycles. The summed E-state index contributed by atoms with van der Waals surface area (Å²) in [6, 6.07) is 0. The number of fused-ring (bicyclic) bond motifs is 1. The molecule has 0 aliphatic carbocycles. The van der Waals surface area contributed by atoms with Gasteiger partial charge < -0.3 is 8.83 Å². The van der Waals surface area contributed by atoms with Crippen molar-refractivity contribution in [2.45, 2.75) is 6.92 Å². The first-order valence-electron chi connectivity index (χ1n) is 2.98. The first kappa shape index (κ1) is 6.09. The highest BCUT2D eigenvalue weighted by molar-refractivity contribution is 5.66. The second-order valence-corrected chi connectivity index (χ2v) is 2.05. The fourth-order valence-electron chi connectivity index (χ4n) is 0.842. The summed E-state index contributed by atoms with van der Waals surface area (Å²) >= 11 is 0. The summed E-state index contributed by atoms with van der Waals surface area (Å²) in [5, 5.41) is 0. The normalized spacial score (nSPS) is 10.6. The van der Waals surface area contributed by atoms with E-state index in [0.717, 1.165) is 0 Å². The molecular weight excluding hydrogens is 148 g/mol. The molecule has 0 aliphatic heterocycles. The predicted octanol–water partition coefficient (Wildman–Crippen LogP) is 0.484. The third-order valence-electron chi connectivity index (χ3n) is 1.31. The first-order chi connectivity index (χ1) is 5.27. The largest absolute Gasteiger partial charge is 0.440 e. The Morgan fingerprint density at radius 3 is 3.18 bits per heavy atom. The van der Waals surface area contributed by atoms with Gasteiger partial charge in [0, 0.05) is 0 Å². The molecule has 11 heavy (non-hydrogen) atoms. The van der Waals surface area contributed by atoms with Crippen molar-refractivity contribution in [3.8, 4) is 0 Å². The Bertz CT molecular complexity index is 442. The van der Waals surface area contributed by atoms with Gasteiger partial charge in [0.2, 0.25) is 5.58 Å². The van der Waals surface area contributed by atoms with Crippen molar-refractivity contribution >= 4 is 11.3 Å². The molecule has 5 nitrogen and oxygen atoms in total. The molecule has 2 heterocycles. The Morgan fingerprint density at radius 1 is 1.55 bits per heavy atom. The Labute approximate surface area is 60.7 Å². The number of hydrogen-bond acceptors (Lipinski definition) is 5. The van der Waals surface area contributed by atoms with Crippen LogP contribution >= 0.6 is 0 Å². The first-order valence-corrected chi connectivity index (χ1v) is 2.98. The highest BCUT2D eigenvalue weighted by atomic mass is 16.4. The second kappa shape index (κ2) is 1.91. The van der Waals surface area contributed by atoms with Gasteiger partial charge in [-0.2, -0.15) is 9.97 Å². The highest BCUT2D eigenvalue weighted by Crippen LogP contribution is 2.10. The maximum atomic E-state index is 10.6. The summed E-state index contributed by atoms with van der Waals surface area (Å²) in [5.41, 5.74) is 1.11. The minimum Gasteiger partial charge on any atom is -0.438 e. The average molecular weight is 152 g/mol. The van der Waals surface area contributed by atoms with E-state index in [0.29, 0.717) is 11.3 Å². The zero-order valence-electron chi connectivity index (χ0n) is 5.70. The predicted molar refractivity (Wildman–Crippen MR) is 35.1 cm³/mol. The fourth-order valence-corrected chi connectivity index (χ4v) is 0.842. The molecular formula is C6H4N2O3. The van der Waals surface area contributed by atoms with Crippen LogP contribution in [0, 0.1) is 6.92 Å². The third kappa shape index (κ3) is 0.813. The quantitative estimate of drug-likeness (QED) is 0.549. The number of aromatic nitrogens is 2. The smallest absolute Gasteiger partial charge is 0.438 e. The molecule has 2 rings (SSSR count). The van der Waals surface area contributed by atoms with E-state index in [9.17, 15) is 4.79 Å². The van der Waals surface area contributed by atoms with Crippen LogP contribution in [0.1, 0.15) is 5.69 Å². The summed E-state index contributed by atoms with van der Waals surface area (Å²) in [5.74, 6) is -0.649. The SMILES string of the molecule is Cc1nc(=O)oc2ncoc12. The molecule has 0 radical (unpaired) electrons. The van der Waals surface area contributed by atoms with Gasteiger partial charge in [-0.05, 0) is 6.92 Å². The van der Waals surface area contributed by atoms with E-state index in [4.69, 9.17) is 4.42 Å². The fraction of sp³-hybridized carbons (Fsp3) is 0.167. The van der Waals surface area contributed by atoms with Crippen LogP contribution in [0.5, 0.6) is 0 Å². The van der Waals surface area contributed by atoms with Crippen molar-refractivity contribution in [2.75, 3.05) is 0 Å². The molecule has 0 spiro atoms. The van der Waals surface area contributed by atoms with Crippen molar-refractivity contribution in [3.05, 3.63) is 22.6 Å². The molecule has 0 aliphatic rings. The molecule has 0 saturated heterocycles. The summed E-state index contributed by atoms with van der Waals surface area (Å²) in [6.07, 6.45) is 1.21. The summed E-state index contributed by atoms with van der Waals surface area (Å²) in [6.45, 7) is 1.66. The van der Waals surface area contributed by atoms with Crippen LogP contribution in [0.2, 0.25) is 0 Å². The van der Waals surface area contributed by atoms with E-state index in [1.807, 2.05) is 0 Å². The Kier molecular flexibility index (Phi) is 1.06. The van der Waals surface area contributed by atoms with Crippen LogP contribution in [-0.2, 0) is 0 Å². The van der Waals surface area contributed by atoms with Gasteiger partial charge in [-0.15, -0.1) is 0 Å². The van der Waals surface area contributed by atoms with E-state index in [1.165, 1.54) is 6.39 Å². The molecule has 0 aromatic carbocycles. The maximum absolute atomic E-state index is 10.6. The number of hydrogen-bond donors (Lipinski definition) is 0. The molecule has 0 fully saturated rings. The van der Waals surface area contributed by atoms with Crippen LogP contribution in [0.25, 0.3) is 11.3 Å². The Morgan fingerprint density at radius 2 is 2.36 bits per heavy atom. The van der Waals surface area contributed by atoms with Gasteiger partial charge in [0.05, 0.1) is 5.69 Å². The van der Waals surface area contributed by atoms with Gasteiger partial charge in [-0.1, -0.05) is 0 Å². The van der Waals surface area contributed by atoms with Gasteiger partial charge in [-0.25, -0.2) is 4.79 Å². The molecule has 5 heteroatoms. The average Bonchev–Trinajstić information content (AvgIpc) is 2.34. The number of rotatable bonds is 0. The number of oxazole rings is 1. The standard InChI is InChI=1S/C6H4N2O3/c1-3-4-5(7-2-10-4)11-6(9)8-3/h2H,1H3. The summed E-state index contributed by atoms with van der Waals surface area (Å²) < 4.78 is 9.51. The lowest BCUT2D eigenvalue weighted by molar-refractivity contribution is 0.514. The third-order valence-corrected chi connectivity index (χ3v) is 1.31. The molecule has 0 atom stereocenters. The van der Waals surface area contributed by atoms with Crippen molar-refractivity contribution in [2.24, 2.45) is 0 Å². The van der Waals surface area contributed by atoms with Gasteiger partial charge in [-0.3, -0.25) is 0 Å². The van der Waals surface area contributed by atoms with E-state index in [1.54, 1.807) is 6.92 Å². The molecule has 0 bridgehead atoms. The Hall–Kier alpha value is -1.65. The van der Waals surface area contributed by atoms with Gasteiger partial charge in [0.15, 0.2) is 6.39 Å². The second-order valence-electron chi connectivity index (χ2n) is 2.05. The molecule has 0 unspecified atom stereocenters. The number of aryl methyl sites for hydroxylation is 1. The molecule has 2 aromatic rings. The van der Waals surface area contributed by atoms with Crippen LogP contribution in [0.4, 0.5) is 0 Å². The zero-order valence-corrected chi connectivity index (χ0v) is 5.70. The van der Waals surface area contributed by atoms with Crippen molar-refractivity contribution in [1.29, 1.82) is 0 Å². The monoisotopic (exact) mass is 152 g/mol. The zero-order chi connectivity index (χ0) is 7.84. The van der Waals surface area contributed by atoms with Crippen LogP contribution in [-0.4, -0.2) is 9.97 Å². The van der Waals surface area contributed by atoms with Gasteiger partial charge >= 0.3 is 5.76 Å². The molecule has 2 aromatic heterocycles. The van der Waals surface area contributed by atoms with E-state index in [2.05, 4.69) is 14.4 Å². The van der Waals surface area contributed by atoms with E-state index < -0.39 is 5.76 Å². The lowest BCUT2D eigenvalue weighted by Gasteiger charge is -1.86. The van der Waals surface area contributed by atoms with Gasteiger partial charge in [0.1, 0.15) is 0 Å². The highest BCUT2D eigenvalue weighted by Gasteiger charge is 2.05. The minimum absolute atomic E-state index is 0.197. The van der Waals surface area contributed by atoms with Crippen molar-refractivity contribution in [3.63, 3.8) is 0 Å². The molecule has 56 valence electrons. The topological polar surface area (TPSA) is 69.1 Å². The molecule has 0 N–H and O–H groups in total. The van der Waals surface area contributed by atoms with E-state index in [-0.39, 0.29) is 5.71 Å². The van der Waals surface area contributed by atoms with Crippen molar-refractivity contribution in [1.82, 2.24) is 9.97 Å². The van der Waals surface area contributed by atoms with Crippen LogP contribution < -0.4 is 5.76 Å². The van der Waals surface area contributed by atoms with Crippen LogP contribution in [0.15, 0.2) is 20.0 Å². The minimum atomic E-state index is -0.649.